The van der Waals surface area contributed by atoms with Gasteiger partial charge in [0, 0.05) is 10.5 Å². The highest BCUT2D eigenvalue weighted by Gasteiger charge is 2.17. The summed E-state index contributed by atoms with van der Waals surface area (Å²) in [5, 5.41) is -1.25. The van der Waals surface area contributed by atoms with E-state index in [9.17, 15) is 13.0 Å². The summed E-state index contributed by atoms with van der Waals surface area (Å²) in [6.07, 6.45) is 0. The Morgan fingerprint density at radius 3 is 1.80 bits per heavy atom. The highest BCUT2D eigenvalue weighted by atomic mass is 32.2. The fourth-order valence-corrected chi connectivity index (χ4v) is 2.53. The fraction of sp³-hybridized carbons (Fsp3) is 0.125. The molecule has 4 heteroatoms. The molecule has 0 fully saturated rings. The molecule has 0 aromatic heterocycles. The molecule has 0 N–H and O–H groups in total. The van der Waals surface area contributed by atoms with Crippen LogP contribution in [0.4, 0.5) is 8.78 Å². The maximum Gasteiger partial charge on any atom is 0.227 e. The van der Waals surface area contributed by atoms with Crippen LogP contribution >= 0.6 is 0 Å². The number of benzene rings is 2. The third-order valence-corrected chi connectivity index (χ3v) is 4.08. The highest BCUT2D eigenvalue weighted by Crippen LogP contribution is 2.27. The molecule has 0 heterocycles. The molecule has 0 aliphatic heterocycles. The summed E-state index contributed by atoms with van der Waals surface area (Å²) in [4.78, 5) is 0.246. The minimum Gasteiger partial charge on any atom is -0.247 e. The van der Waals surface area contributed by atoms with Gasteiger partial charge in [0.25, 0.3) is 0 Å². The van der Waals surface area contributed by atoms with E-state index >= 15 is 0 Å². The van der Waals surface area contributed by atoms with Crippen molar-refractivity contribution in [3.05, 3.63) is 70.4 Å². The quantitative estimate of drug-likeness (QED) is 0.803. The number of rotatable bonds is 3. The van der Waals surface area contributed by atoms with Gasteiger partial charge in [-0.2, -0.15) is 4.39 Å². The molecule has 1 nitrogen and oxygen atoms in total. The molecular weight excluding hydrogens is 278 g/mol. The van der Waals surface area contributed by atoms with E-state index in [1.165, 1.54) is 24.3 Å². The van der Waals surface area contributed by atoms with Crippen LogP contribution in [0.3, 0.4) is 0 Å². The molecule has 104 valence electrons. The molecular formula is C16H14F2OS. The number of hydrogen-bond acceptors (Lipinski definition) is 1. The molecule has 0 amide bonds. The van der Waals surface area contributed by atoms with Crippen LogP contribution in [-0.2, 0) is 10.8 Å². The number of hydrogen-bond donors (Lipinski definition) is 0. The summed E-state index contributed by atoms with van der Waals surface area (Å²) in [6, 6.07) is 12.8. The molecule has 1 unspecified atom stereocenters. The molecule has 0 saturated carbocycles. The maximum atomic E-state index is 14.0. The first-order chi connectivity index (χ1) is 9.49. The van der Waals surface area contributed by atoms with Crippen molar-refractivity contribution in [3.8, 4) is 0 Å². The van der Waals surface area contributed by atoms with Gasteiger partial charge < -0.3 is 0 Å². The van der Waals surface area contributed by atoms with E-state index in [1.54, 1.807) is 24.3 Å². The summed E-state index contributed by atoms with van der Waals surface area (Å²) in [7, 11) is -2.13. The van der Waals surface area contributed by atoms with Gasteiger partial charge in [-0.15, -0.1) is 0 Å². The predicted octanol–water partition coefficient (Wildman–Crippen LogP) is 4.68. The van der Waals surface area contributed by atoms with Gasteiger partial charge >= 0.3 is 0 Å². The van der Waals surface area contributed by atoms with E-state index in [0.29, 0.717) is 0 Å². The van der Waals surface area contributed by atoms with Crippen molar-refractivity contribution < 1.29 is 13.0 Å². The minimum atomic E-state index is -2.13. The third kappa shape index (κ3) is 3.20. The molecule has 20 heavy (non-hydrogen) atoms. The SMILES string of the molecule is Cc1ccc(/C(F)=C(\F)S(=O)c2ccc(C)cc2)cc1. The standard InChI is InChI=1S/C16H14F2OS/c1-11-3-7-13(8-4-11)15(17)16(18)20(19)14-9-5-12(2)6-10-14/h3-10H,1-2H3/b16-15-. The number of aryl methyl sites for hydroxylation is 2. The lowest BCUT2D eigenvalue weighted by Crippen LogP contribution is -1.94. The first-order valence-electron chi connectivity index (χ1n) is 6.10. The van der Waals surface area contributed by atoms with E-state index in [0.717, 1.165) is 11.1 Å². The fourth-order valence-electron chi connectivity index (χ4n) is 1.66. The molecule has 0 aliphatic carbocycles. The van der Waals surface area contributed by atoms with Gasteiger partial charge in [-0.3, -0.25) is 0 Å². The van der Waals surface area contributed by atoms with Gasteiger partial charge in [0.2, 0.25) is 5.16 Å². The zero-order valence-corrected chi connectivity index (χ0v) is 12.0. The topological polar surface area (TPSA) is 17.1 Å². The Kier molecular flexibility index (Phi) is 4.45. The van der Waals surface area contributed by atoms with Crippen molar-refractivity contribution in [1.29, 1.82) is 0 Å². The number of halogens is 2. The van der Waals surface area contributed by atoms with Crippen molar-refractivity contribution in [3.63, 3.8) is 0 Å². The Hall–Kier alpha value is -1.81. The second-order valence-corrected chi connectivity index (χ2v) is 5.90. The largest absolute Gasteiger partial charge is 0.247 e. The van der Waals surface area contributed by atoms with Gasteiger partial charge in [0.15, 0.2) is 5.83 Å². The Morgan fingerprint density at radius 2 is 1.30 bits per heavy atom. The normalized spacial score (nSPS) is 13.8. The van der Waals surface area contributed by atoms with Crippen LogP contribution in [0.1, 0.15) is 16.7 Å². The van der Waals surface area contributed by atoms with E-state index in [2.05, 4.69) is 0 Å². The van der Waals surface area contributed by atoms with Crippen LogP contribution < -0.4 is 0 Å². The van der Waals surface area contributed by atoms with E-state index < -0.39 is 21.8 Å². The van der Waals surface area contributed by atoms with Gasteiger partial charge in [-0.1, -0.05) is 47.5 Å². The molecule has 2 aromatic rings. The van der Waals surface area contributed by atoms with Crippen LogP contribution in [0.2, 0.25) is 0 Å². The van der Waals surface area contributed by atoms with Crippen LogP contribution in [0, 0.1) is 13.8 Å². The van der Waals surface area contributed by atoms with Crippen LogP contribution in [0.5, 0.6) is 0 Å². The van der Waals surface area contributed by atoms with E-state index in [4.69, 9.17) is 0 Å². The summed E-state index contributed by atoms with van der Waals surface area (Å²) in [5.41, 5.74) is 2.00. The molecule has 2 aromatic carbocycles. The van der Waals surface area contributed by atoms with Gasteiger partial charge in [-0.05, 0) is 26.0 Å². The van der Waals surface area contributed by atoms with Crippen LogP contribution in [0.15, 0.2) is 58.6 Å². The molecule has 1 atom stereocenters. The summed E-state index contributed by atoms with van der Waals surface area (Å²) in [5.74, 6) is -1.08. The smallest absolute Gasteiger partial charge is 0.227 e. The van der Waals surface area contributed by atoms with Crippen molar-refractivity contribution >= 4 is 16.6 Å². The minimum absolute atomic E-state index is 0.0913. The van der Waals surface area contributed by atoms with Crippen LogP contribution in [0.25, 0.3) is 5.83 Å². The van der Waals surface area contributed by atoms with Crippen LogP contribution in [-0.4, -0.2) is 4.21 Å². The lowest BCUT2D eigenvalue weighted by atomic mass is 10.1. The molecule has 0 spiro atoms. The molecule has 0 aliphatic rings. The average molecular weight is 292 g/mol. The summed E-state index contributed by atoms with van der Waals surface area (Å²) >= 11 is 0. The Labute approximate surface area is 119 Å². The first kappa shape index (κ1) is 14.6. The zero-order valence-electron chi connectivity index (χ0n) is 11.2. The zero-order chi connectivity index (χ0) is 14.7. The van der Waals surface area contributed by atoms with Crippen molar-refractivity contribution in [2.45, 2.75) is 18.7 Å². The molecule has 0 bridgehead atoms. The van der Waals surface area contributed by atoms with E-state index in [-0.39, 0.29) is 10.5 Å². The maximum absolute atomic E-state index is 14.0. The molecule has 0 radical (unpaired) electrons. The Morgan fingerprint density at radius 1 is 0.850 bits per heavy atom. The lowest BCUT2D eigenvalue weighted by molar-refractivity contribution is 0.628. The second kappa shape index (κ2) is 6.09. The third-order valence-electron chi connectivity index (χ3n) is 2.88. The van der Waals surface area contributed by atoms with Gasteiger partial charge in [0.1, 0.15) is 10.8 Å². The van der Waals surface area contributed by atoms with Crippen molar-refractivity contribution in [2.24, 2.45) is 0 Å². The van der Waals surface area contributed by atoms with Crippen molar-refractivity contribution in [2.75, 3.05) is 0 Å². The molecule has 2 rings (SSSR count). The summed E-state index contributed by atoms with van der Waals surface area (Å²) in [6.45, 7) is 3.72. The molecule has 0 saturated heterocycles. The lowest BCUT2D eigenvalue weighted by Gasteiger charge is -2.03. The average Bonchev–Trinajstić information content (AvgIpc) is 2.46. The van der Waals surface area contributed by atoms with Gasteiger partial charge in [0.05, 0.1) is 0 Å². The highest BCUT2D eigenvalue weighted by molar-refractivity contribution is 7.89. The van der Waals surface area contributed by atoms with Crippen molar-refractivity contribution in [1.82, 2.24) is 0 Å². The Bertz CT molecular complexity index is 658. The monoisotopic (exact) mass is 292 g/mol. The van der Waals surface area contributed by atoms with Gasteiger partial charge in [-0.25, -0.2) is 8.60 Å². The second-order valence-electron chi connectivity index (χ2n) is 4.54. The van der Waals surface area contributed by atoms with E-state index in [1.807, 2.05) is 13.8 Å². The first-order valence-corrected chi connectivity index (χ1v) is 7.25. The summed E-state index contributed by atoms with van der Waals surface area (Å²) < 4.78 is 39.9. The Balaban J connectivity index is 2.35. The predicted molar refractivity (Wildman–Crippen MR) is 77.9 cm³/mol.